The summed E-state index contributed by atoms with van der Waals surface area (Å²) in [5.74, 6) is -1.13. The average Bonchev–Trinajstić information content (AvgIpc) is 2.14. The van der Waals surface area contributed by atoms with Gasteiger partial charge in [0.05, 0.1) is 0 Å². The molecule has 3 nitrogen and oxygen atoms in total. The topological polar surface area (TPSA) is 57.5 Å². The van der Waals surface area contributed by atoms with Gasteiger partial charge in [0.15, 0.2) is 5.60 Å². The van der Waals surface area contributed by atoms with Gasteiger partial charge in [-0.25, -0.2) is 4.79 Å². The summed E-state index contributed by atoms with van der Waals surface area (Å²) >= 11 is 0. The average molecular weight is 200 g/mol. The summed E-state index contributed by atoms with van der Waals surface area (Å²) in [5, 5.41) is 18.9. The van der Waals surface area contributed by atoms with Crippen LogP contribution in [-0.2, 0) is 4.79 Å². The Labute approximate surface area is 85.1 Å². The molecule has 1 fully saturated rings. The smallest absolute Gasteiger partial charge is 0.335 e. The Balaban J connectivity index is 2.85. The molecule has 0 amide bonds. The Kier molecular flexibility index (Phi) is 2.91. The molecule has 1 saturated carbocycles. The number of aliphatic hydroxyl groups is 1. The second kappa shape index (κ2) is 3.54. The highest BCUT2D eigenvalue weighted by molar-refractivity contribution is 5.79. The van der Waals surface area contributed by atoms with E-state index in [-0.39, 0.29) is 11.3 Å². The summed E-state index contributed by atoms with van der Waals surface area (Å²) in [4.78, 5) is 10.9. The Bertz CT molecular complexity index is 233. The summed E-state index contributed by atoms with van der Waals surface area (Å²) in [5.41, 5.74) is -1.49. The van der Waals surface area contributed by atoms with Gasteiger partial charge in [0.25, 0.3) is 0 Å². The Hall–Kier alpha value is -0.570. The van der Waals surface area contributed by atoms with Crippen LogP contribution in [0.3, 0.4) is 0 Å². The Morgan fingerprint density at radius 2 is 2.00 bits per heavy atom. The van der Waals surface area contributed by atoms with Crippen LogP contribution in [0.1, 0.15) is 46.5 Å². The second-order valence-corrected chi connectivity index (χ2v) is 4.68. The molecular formula is C11H20O3. The summed E-state index contributed by atoms with van der Waals surface area (Å²) in [6, 6.07) is 0. The largest absolute Gasteiger partial charge is 0.479 e. The van der Waals surface area contributed by atoms with Crippen LogP contribution in [0.15, 0.2) is 0 Å². The lowest BCUT2D eigenvalue weighted by Crippen LogP contribution is -2.59. The molecule has 14 heavy (non-hydrogen) atoms. The standard InChI is InChI=1S/C11H20O3/c1-4-10(3,5-2)8-6-7-11(8,14)9(12)13/h8,14H,4-7H2,1-3H3,(H,12,13). The van der Waals surface area contributed by atoms with Crippen molar-refractivity contribution in [3.63, 3.8) is 0 Å². The van der Waals surface area contributed by atoms with Gasteiger partial charge in [0.2, 0.25) is 0 Å². The van der Waals surface area contributed by atoms with E-state index in [0.29, 0.717) is 6.42 Å². The van der Waals surface area contributed by atoms with Crippen molar-refractivity contribution in [2.75, 3.05) is 0 Å². The number of carboxylic acids is 1. The molecule has 0 heterocycles. The van der Waals surface area contributed by atoms with Crippen molar-refractivity contribution >= 4 is 5.97 Å². The highest BCUT2D eigenvalue weighted by Crippen LogP contribution is 2.52. The summed E-state index contributed by atoms with van der Waals surface area (Å²) in [6.45, 7) is 6.19. The number of rotatable bonds is 4. The van der Waals surface area contributed by atoms with E-state index < -0.39 is 11.6 Å². The number of carbonyl (C=O) groups is 1. The molecule has 0 aliphatic heterocycles. The third-order valence-electron chi connectivity index (χ3n) is 4.22. The van der Waals surface area contributed by atoms with E-state index in [1.807, 2.05) is 0 Å². The minimum Gasteiger partial charge on any atom is -0.479 e. The van der Waals surface area contributed by atoms with Gasteiger partial charge < -0.3 is 10.2 Å². The Morgan fingerprint density at radius 1 is 1.50 bits per heavy atom. The van der Waals surface area contributed by atoms with E-state index in [1.165, 1.54) is 0 Å². The van der Waals surface area contributed by atoms with E-state index in [2.05, 4.69) is 20.8 Å². The molecule has 0 aromatic heterocycles. The fraction of sp³-hybridized carbons (Fsp3) is 0.909. The van der Waals surface area contributed by atoms with Crippen molar-refractivity contribution < 1.29 is 15.0 Å². The maximum atomic E-state index is 10.9. The van der Waals surface area contributed by atoms with Crippen molar-refractivity contribution in [1.82, 2.24) is 0 Å². The second-order valence-electron chi connectivity index (χ2n) is 4.68. The molecular weight excluding hydrogens is 180 g/mol. The maximum Gasteiger partial charge on any atom is 0.335 e. The van der Waals surface area contributed by atoms with Gasteiger partial charge >= 0.3 is 5.97 Å². The maximum absolute atomic E-state index is 10.9. The highest BCUT2D eigenvalue weighted by Gasteiger charge is 2.57. The number of hydrogen-bond donors (Lipinski definition) is 2. The predicted molar refractivity (Wildman–Crippen MR) is 54.0 cm³/mol. The first-order valence-corrected chi connectivity index (χ1v) is 5.36. The highest BCUT2D eigenvalue weighted by atomic mass is 16.4. The van der Waals surface area contributed by atoms with E-state index in [9.17, 15) is 9.90 Å². The van der Waals surface area contributed by atoms with Crippen LogP contribution in [0.2, 0.25) is 0 Å². The number of carboxylic acid groups (broad SMARTS) is 1. The molecule has 1 aliphatic carbocycles. The molecule has 0 aromatic rings. The van der Waals surface area contributed by atoms with Crippen LogP contribution in [0.4, 0.5) is 0 Å². The van der Waals surface area contributed by atoms with Crippen molar-refractivity contribution in [3.05, 3.63) is 0 Å². The lowest BCUT2D eigenvalue weighted by molar-refractivity contribution is -0.194. The zero-order chi connectivity index (χ0) is 11.0. The monoisotopic (exact) mass is 200 g/mol. The molecule has 3 heteroatoms. The van der Waals surface area contributed by atoms with Gasteiger partial charge in [-0.15, -0.1) is 0 Å². The lowest BCUT2D eigenvalue weighted by atomic mass is 9.55. The first-order valence-electron chi connectivity index (χ1n) is 5.36. The summed E-state index contributed by atoms with van der Waals surface area (Å²) in [7, 11) is 0. The third kappa shape index (κ3) is 1.44. The van der Waals surface area contributed by atoms with Crippen molar-refractivity contribution in [2.24, 2.45) is 11.3 Å². The first kappa shape index (κ1) is 11.5. The molecule has 0 spiro atoms. The van der Waals surface area contributed by atoms with Gasteiger partial charge in [0, 0.05) is 5.92 Å². The van der Waals surface area contributed by atoms with Gasteiger partial charge in [-0.1, -0.05) is 33.6 Å². The summed E-state index contributed by atoms with van der Waals surface area (Å²) in [6.07, 6.45) is 3.08. The fourth-order valence-electron chi connectivity index (χ4n) is 2.49. The molecule has 1 rings (SSSR count). The molecule has 0 saturated heterocycles. The molecule has 82 valence electrons. The SMILES string of the molecule is CCC(C)(CC)C1CCC1(O)C(=O)O. The molecule has 2 atom stereocenters. The minimum absolute atomic E-state index is 0.0363. The van der Waals surface area contributed by atoms with Gasteiger partial charge in [-0.05, 0) is 18.3 Å². The summed E-state index contributed by atoms with van der Waals surface area (Å²) < 4.78 is 0. The zero-order valence-corrected chi connectivity index (χ0v) is 9.21. The molecule has 0 bridgehead atoms. The lowest BCUT2D eigenvalue weighted by Gasteiger charge is -2.51. The quantitative estimate of drug-likeness (QED) is 0.730. The minimum atomic E-state index is -1.46. The van der Waals surface area contributed by atoms with Gasteiger partial charge in [0.1, 0.15) is 0 Å². The Morgan fingerprint density at radius 3 is 2.21 bits per heavy atom. The third-order valence-corrected chi connectivity index (χ3v) is 4.22. The van der Waals surface area contributed by atoms with Crippen LogP contribution in [0, 0.1) is 11.3 Å². The van der Waals surface area contributed by atoms with E-state index in [0.717, 1.165) is 19.3 Å². The van der Waals surface area contributed by atoms with Crippen LogP contribution in [-0.4, -0.2) is 21.8 Å². The van der Waals surface area contributed by atoms with Crippen molar-refractivity contribution in [2.45, 2.75) is 52.1 Å². The molecule has 2 unspecified atom stereocenters. The number of aliphatic carboxylic acids is 1. The van der Waals surface area contributed by atoms with Gasteiger partial charge in [-0.2, -0.15) is 0 Å². The van der Waals surface area contributed by atoms with Crippen LogP contribution in [0.25, 0.3) is 0 Å². The van der Waals surface area contributed by atoms with E-state index in [1.54, 1.807) is 0 Å². The van der Waals surface area contributed by atoms with Gasteiger partial charge in [-0.3, -0.25) is 0 Å². The van der Waals surface area contributed by atoms with E-state index in [4.69, 9.17) is 5.11 Å². The zero-order valence-electron chi connectivity index (χ0n) is 9.21. The predicted octanol–water partition coefficient (Wildman–Crippen LogP) is 2.04. The van der Waals surface area contributed by atoms with Crippen LogP contribution in [0.5, 0.6) is 0 Å². The molecule has 0 aromatic carbocycles. The van der Waals surface area contributed by atoms with E-state index >= 15 is 0 Å². The molecule has 1 aliphatic rings. The normalized spacial score (nSPS) is 32.4. The van der Waals surface area contributed by atoms with Crippen LogP contribution >= 0.6 is 0 Å². The fourth-order valence-corrected chi connectivity index (χ4v) is 2.49. The number of hydrogen-bond acceptors (Lipinski definition) is 2. The van der Waals surface area contributed by atoms with Crippen LogP contribution < -0.4 is 0 Å². The van der Waals surface area contributed by atoms with Crippen molar-refractivity contribution in [3.8, 4) is 0 Å². The first-order chi connectivity index (χ1) is 6.40. The molecule has 0 radical (unpaired) electrons. The molecule has 2 N–H and O–H groups in total. The van der Waals surface area contributed by atoms with Crippen molar-refractivity contribution in [1.29, 1.82) is 0 Å².